The van der Waals surface area contributed by atoms with Crippen molar-refractivity contribution in [2.24, 2.45) is 0 Å². The Balaban J connectivity index is 1.72. The number of amides is 1. The van der Waals surface area contributed by atoms with Gasteiger partial charge >= 0.3 is 5.97 Å². The molecule has 5 nitrogen and oxygen atoms in total. The summed E-state index contributed by atoms with van der Waals surface area (Å²) in [5, 5.41) is 4.69. The lowest BCUT2D eigenvalue weighted by atomic mass is 10.2. The molecule has 1 N–H and O–H groups in total. The highest BCUT2D eigenvalue weighted by molar-refractivity contribution is 7.99. The first-order valence-electron chi connectivity index (χ1n) is 7.28. The van der Waals surface area contributed by atoms with Crippen LogP contribution in [0.5, 0.6) is 5.75 Å². The van der Waals surface area contributed by atoms with Gasteiger partial charge in [-0.2, -0.15) is 0 Å². The normalized spacial score (nSPS) is 10.2. The summed E-state index contributed by atoms with van der Waals surface area (Å²) in [4.78, 5) is 24.8. The fraction of sp³-hybridized carbons (Fsp3) is 0.294. The minimum absolute atomic E-state index is 0.221. The molecule has 7 heteroatoms. The van der Waals surface area contributed by atoms with Crippen LogP contribution in [0.25, 0.3) is 0 Å². The van der Waals surface area contributed by atoms with Gasteiger partial charge in [0.15, 0.2) is 6.61 Å². The molecule has 0 fully saturated rings. The van der Waals surface area contributed by atoms with Crippen LogP contribution in [0, 0.1) is 6.92 Å². The molecular formula is C17H19NO4S2. The Morgan fingerprint density at radius 2 is 2.12 bits per heavy atom. The fourth-order valence-corrected chi connectivity index (χ4v) is 3.58. The molecule has 0 aliphatic heterocycles. The van der Waals surface area contributed by atoms with Gasteiger partial charge in [-0.1, -0.05) is 12.1 Å². The number of nitrogens with one attached hydrogen (secondary N) is 1. The molecule has 0 saturated heterocycles. The van der Waals surface area contributed by atoms with Crippen LogP contribution in [0.4, 0.5) is 5.69 Å². The second-order valence-corrected chi connectivity index (χ2v) is 7.00. The van der Waals surface area contributed by atoms with E-state index in [0.29, 0.717) is 11.4 Å². The molecule has 0 saturated carbocycles. The van der Waals surface area contributed by atoms with Gasteiger partial charge in [-0.05, 0) is 36.1 Å². The van der Waals surface area contributed by atoms with E-state index in [4.69, 9.17) is 9.47 Å². The molecule has 0 aliphatic carbocycles. The molecule has 24 heavy (non-hydrogen) atoms. The SMILES string of the molecule is COc1ccc(C)cc1NC(=O)COC(=O)CSCc1cccs1. The largest absolute Gasteiger partial charge is 0.495 e. The lowest BCUT2D eigenvalue weighted by Crippen LogP contribution is -2.22. The third-order valence-corrected chi connectivity index (χ3v) is 5.05. The average molecular weight is 365 g/mol. The van der Waals surface area contributed by atoms with Crippen LogP contribution in [0.3, 0.4) is 0 Å². The number of aryl methyl sites for hydroxylation is 1. The topological polar surface area (TPSA) is 64.6 Å². The zero-order valence-corrected chi connectivity index (χ0v) is 15.2. The Labute approximate surface area is 149 Å². The summed E-state index contributed by atoms with van der Waals surface area (Å²) >= 11 is 3.12. The molecular weight excluding hydrogens is 346 g/mol. The van der Waals surface area contributed by atoms with E-state index >= 15 is 0 Å². The molecule has 1 aromatic carbocycles. The average Bonchev–Trinajstić information content (AvgIpc) is 3.06. The lowest BCUT2D eigenvalue weighted by Gasteiger charge is -2.11. The van der Waals surface area contributed by atoms with E-state index in [-0.39, 0.29) is 12.4 Å². The molecule has 2 rings (SSSR count). The van der Waals surface area contributed by atoms with E-state index in [2.05, 4.69) is 5.32 Å². The monoisotopic (exact) mass is 365 g/mol. The third-order valence-electron chi connectivity index (χ3n) is 3.04. The van der Waals surface area contributed by atoms with E-state index in [9.17, 15) is 9.59 Å². The number of rotatable bonds is 8. The minimum Gasteiger partial charge on any atom is -0.495 e. The number of benzene rings is 1. The smallest absolute Gasteiger partial charge is 0.316 e. The number of hydrogen-bond donors (Lipinski definition) is 1. The van der Waals surface area contributed by atoms with Crippen molar-refractivity contribution in [3.05, 3.63) is 46.2 Å². The highest BCUT2D eigenvalue weighted by Gasteiger charge is 2.11. The number of esters is 1. The van der Waals surface area contributed by atoms with E-state index in [0.717, 1.165) is 11.3 Å². The Hall–Kier alpha value is -1.99. The van der Waals surface area contributed by atoms with Crippen molar-refractivity contribution in [1.29, 1.82) is 0 Å². The van der Waals surface area contributed by atoms with Crippen molar-refractivity contribution >= 4 is 40.7 Å². The first kappa shape index (κ1) is 18.4. The molecule has 0 atom stereocenters. The summed E-state index contributed by atoms with van der Waals surface area (Å²) in [5.74, 6) is 0.753. The zero-order chi connectivity index (χ0) is 17.4. The second-order valence-electron chi connectivity index (χ2n) is 4.98. The number of thiophene rings is 1. The summed E-state index contributed by atoms with van der Waals surface area (Å²) < 4.78 is 10.2. The van der Waals surface area contributed by atoms with Crippen LogP contribution in [0.2, 0.25) is 0 Å². The van der Waals surface area contributed by atoms with Crippen LogP contribution >= 0.6 is 23.1 Å². The quantitative estimate of drug-likeness (QED) is 0.726. The standard InChI is InChI=1S/C17H19NO4S2/c1-12-5-6-15(21-2)14(8-12)18-16(19)9-22-17(20)11-23-10-13-4-3-7-24-13/h3-8H,9-11H2,1-2H3,(H,18,19). The Morgan fingerprint density at radius 3 is 2.83 bits per heavy atom. The van der Waals surface area contributed by atoms with Crippen molar-refractivity contribution in [3.63, 3.8) is 0 Å². The van der Waals surface area contributed by atoms with E-state index in [1.807, 2.05) is 30.5 Å². The molecule has 1 aromatic heterocycles. The number of carbonyl (C=O) groups excluding carboxylic acids is 2. The van der Waals surface area contributed by atoms with Gasteiger partial charge in [0, 0.05) is 10.6 Å². The van der Waals surface area contributed by atoms with Crippen molar-refractivity contribution in [1.82, 2.24) is 0 Å². The second kappa shape index (κ2) is 9.34. The van der Waals surface area contributed by atoms with Crippen LogP contribution in [-0.2, 0) is 20.1 Å². The van der Waals surface area contributed by atoms with E-state index < -0.39 is 11.9 Å². The van der Waals surface area contributed by atoms with Crippen molar-refractivity contribution in [2.75, 3.05) is 24.8 Å². The first-order valence-corrected chi connectivity index (χ1v) is 9.32. The molecule has 0 unspecified atom stereocenters. The van der Waals surface area contributed by atoms with Crippen molar-refractivity contribution < 1.29 is 19.1 Å². The molecule has 2 aromatic rings. The van der Waals surface area contributed by atoms with Gasteiger partial charge in [-0.3, -0.25) is 9.59 Å². The molecule has 0 spiro atoms. The molecule has 0 aliphatic rings. The number of thioether (sulfide) groups is 1. The summed E-state index contributed by atoms with van der Waals surface area (Å²) in [6.45, 7) is 1.61. The van der Waals surface area contributed by atoms with Gasteiger partial charge in [0.2, 0.25) is 0 Å². The van der Waals surface area contributed by atoms with Gasteiger partial charge in [-0.15, -0.1) is 23.1 Å². The summed E-state index contributed by atoms with van der Waals surface area (Å²) in [6.07, 6.45) is 0. The third kappa shape index (κ3) is 5.90. The Morgan fingerprint density at radius 1 is 1.29 bits per heavy atom. The maximum atomic E-state index is 11.9. The van der Waals surface area contributed by atoms with Crippen LogP contribution in [-0.4, -0.2) is 31.3 Å². The predicted octanol–water partition coefficient (Wildman–Crippen LogP) is 3.48. The van der Waals surface area contributed by atoms with Crippen molar-refractivity contribution in [3.8, 4) is 5.75 Å². The minimum atomic E-state index is -0.400. The number of ether oxygens (including phenoxy) is 2. The molecule has 128 valence electrons. The Bertz CT molecular complexity index is 686. The fourth-order valence-electron chi connectivity index (χ4n) is 1.92. The van der Waals surface area contributed by atoms with Gasteiger partial charge in [-0.25, -0.2) is 0 Å². The predicted molar refractivity (Wildman–Crippen MR) is 97.8 cm³/mol. The van der Waals surface area contributed by atoms with Gasteiger partial charge < -0.3 is 14.8 Å². The lowest BCUT2D eigenvalue weighted by molar-refractivity contribution is -0.144. The molecule has 0 radical (unpaired) electrons. The number of methoxy groups -OCH3 is 1. The van der Waals surface area contributed by atoms with Gasteiger partial charge in [0.05, 0.1) is 18.6 Å². The number of anilines is 1. The maximum Gasteiger partial charge on any atom is 0.316 e. The summed E-state index contributed by atoms with van der Waals surface area (Å²) in [7, 11) is 1.53. The van der Waals surface area contributed by atoms with Gasteiger partial charge in [0.25, 0.3) is 5.91 Å². The summed E-state index contributed by atoms with van der Waals surface area (Å²) in [5.41, 5.74) is 1.55. The van der Waals surface area contributed by atoms with E-state index in [1.165, 1.54) is 23.7 Å². The molecule has 1 amide bonds. The van der Waals surface area contributed by atoms with Crippen molar-refractivity contribution in [2.45, 2.75) is 12.7 Å². The van der Waals surface area contributed by atoms with Crippen LogP contribution < -0.4 is 10.1 Å². The Kier molecular flexibility index (Phi) is 7.14. The number of carbonyl (C=O) groups is 2. The highest BCUT2D eigenvalue weighted by atomic mass is 32.2. The van der Waals surface area contributed by atoms with Crippen LogP contribution in [0.15, 0.2) is 35.7 Å². The molecule has 1 heterocycles. The first-order chi connectivity index (χ1) is 11.6. The molecule has 0 bridgehead atoms. The van der Waals surface area contributed by atoms with Gasteiger partial charge in [0.1, 0.15) is 5.75 Å². The summed E-state index contributed by atoms with van der Waals surface area (Å²) in [6, 6.07) is 9.46. The zero-order valence-electron chi connectivity index (χ0n) is 13.5. The van der Waals surface area contributed by atoms with E-state index in [1.54, 1.807) is 23.5 Å². The maximum absolute atomic E-state index is 11.9. The van der Waals surface area contributed by atoms with Crippen LogP contribution in [0.1, 0.15) is 10.4 Å². The number of hydrogen-bond acceptors (Lipinski definition) is 6. The highest BCUT2D eigenvalue weighted by Crippen LogP contribution is 2.25.